The molecule has 2 bridgehead atoms. The number of amides is 1. The Morgan fingerprint density at radius 2 is 1.97 bits per heavy atom. The summed E-state index contributed by atoms with van der Waals surface area (Å²) in [5.74, 6) is 1.31. The number of aryl methyl sites for hydroxylation is 1. The number of nitrogens with one attached hydrogen (secondary N) is 1. The molecule has 4 aliphatic carbocycles. The Hall–Kier alpha value is -2.68. The molecule has 7 nitrogen and oxygen atoms in total. The Morgan fingerprint density at radius 1 is 1.20 bits per heavy atom. The average molecular weight is 422 g/mol. The molecule has 1 spiro atoms. The molecule has 1 atom stereocenters. The van der Waals surface area contributed by atoms with Crippen LogP contribution in [0.1, 0.15) is 43.2 Å². The molecule has 152 valence electrons. The smallest absolute Gasteiger partial charge is 0.239 e. The van der Waals surface area contributed by atoms with Crippen LogP contribution in [-0.4, -0.2) is 36.3 Å². The summed E-state index contributed by atoms with van der Waals surface area (Å²) in [6, 6.07) is 3.92. The molecule has 0 saturated heterocycles. The molecule has 1 unspecified atom stereocenters. The molecule has 9 heteroatoms. The number of benzene rings is 1. The van der Waals surface area contributed by atoms with E-state index < -0.39 is 17.1 Å². The maximum Gasteiger partial charge on any atom is 0.239 e. The van der Waals surface area contributed by atoms with Crippen LogP contribution in [0.5, 0.6) is 0 Å². The topological polar surface area (TPSA) is 83.9 Å². The molecule has 1 aliphatic heterocycles. The van der Waals surface area contributed by atoms with Crippen molar-refractivity contribution in [3.63, 3.8) is 0 Å². The van der Waals surface area contributed by atoms with E-state index in [1.165, 1.54) is 11.7 Å². The number of nitrogens with zero attached hydrogens (tertiary/aromatic N) is 5. The van der Waals surface area contributed by atoms with Gasteiger partial charge in [-0.05, 0) is 56.2 Å². The van der Waals surface area contributed by atoms with Gasteiger partial charge in [-0.1, -0.05) is 0 Å². The van der Waals surface area contributed by atoms with Gasteiger partial charge in [0.1, 0.15) is 23.0 Å². The summed E-state index contributed by atoms with van der Waals surface area (Å²) in [7, 11) is 0. The van der Waals surface area contributed by atoms with Crippen LogP contribution in [0.4, 0.5) is 21.8 Å². The standard InChI is InChI=1S/C21H19FN6OS/c1-10-4-15-16(27-30-26-15)5-14(10)24-19-23-9-12-17(25-19)28(18(29)21(12)2-3-21)20-6-11(7-20)13(22)8-20/h4-5,9,11,13H,2-3,6-8H2,1H3,(H,23,24,25). The van der Waals surface area contributed by atoms with Gasteiger partial charge in [-0.25, -0.2) is 9.37 Å². The molecular formula is C21H19FN6OS. The van der Waals surface area contributed by atoms with Crippen LogP contribution in [0, 0.1) is 12.8 Å². The summed E-state index contributed by atoms with van der Waals surface area (Å²) in [6.45, 7) is 2.00. The van der Waals surface area contributed by atoms with E-state index in [2.05, 4.69) is 19.0 Å². The van der Waals surface area contributed by atoms with Gasteiger partial charge < -0.3 is 5.32 Å². The minimum atomic E-state index is -0.808. The fraction of sp³-hybridized carbons (Fsp3) is 0.476. The Kier molecular flexibility index (Phi) is 3.02. The third-order valence-corrected chi connectivity index (χ3v) is 8.11. The van der Waals surface area contributed by atoms with E-state index in [1.807, 2.05) is 24.0 Å². The van der Waals surface area contributed by atoms with E-state index in [0.29, 0.717) is 18.2 Å². The maximum atomic E-state index is 14.3. The summed E-state index contributed by atoms with van der Waals surface area (Å²) in [5.41, 5.74) is 3.61. The summed E-state index contributed by atoms with van der Waals surface area (Å²) < 4.78 is 22.9. The number of carbonyl (C=O) groups excluding carboxylic acids is 1. The van der Waals surface area contributed by atoms with Gasteiger partial charge in [-0.2, -0.15) is 13.7 Å². The van der Waals surface area contributed by atoms with E-state index in [-0.39, 0.29) is 11.8 Å². The van der Waals surface area contributed by atoms with E-state index in [1.54, 1.807) is 6.20 Å². The lowest BCUT2D eigenvalue weighted by molar-refractivity contribution is -0.122. The summed E-state index contributed by atoms with van der Waals surface area (Å²) >= 11 is 1.18. The Bertz CT molecular complexity index is 1250. The lowest BCUT2D eigenvalue weighted by Crippen LogP contribution is -2.55. The first-order chi connectivity index (χ1) is 14.5. The predicted molar refractivity (Wildman–Crippen MR) is 111 cm³/mol. The highest BCUT2D eigenvalue weighted by Gasteiger charge is 2.69. The van der Waals surface area contributed by atoms with Gasteiger partial charge in [0.15, 0.2) is 0 Å². The highest BCUT2D eigenvalue weighted by molar-refractivity contribution is 7.00. The highest BCUT2D eigenvalue weighted by Crippen LogP contribution is 2.64. The second kappa shape index (κ2) is 5.32. The van der Waals surface area contributed by atoms with Crippen LogP contribution in [-0.2, 0) is 10.2 Å². The molecule has 3 aromatic rings. The van der Waals surface area contributed by atoms with Gasteiger partial charge in [0.25, 0.3) is 0 Å². The molecule has 5 aliphatic rings. The fourth-order valence-electron chi connectivity index (χ4n) is 5.75. The average Bonchev–Trinajstić information content (AvgIpc) is 2.99. The molecule has 1 aromatic carbocycles. The van der Waals surface area contributed by atoms with Gasteiger partial charge in [-0.3, -0.25) is 9.69 Å². The van der Waals surface area contributed by atoms with Crippen molar-refractivity contribution >= 4 is 46.1 Å². The first-order valence-corrected chi connectivity index (χ1v) is 11.1. The number of carbonyl (C=O) groups is 1. The van der Waals surface area contributed by atoms with Gasteiger partial charge in [0.05, 0.1) is 22.7 Å². The van der Waals surface area contributed by atoms with Gasteiger partial charge in [-0.15, -0.1) is 0 Å². The first-order valence-electron chi connectivity index (χ1n) is 10.4. The zero-order chi connectivity index (χ0) is 20.3. The molecule has 30 heavy (non-hydrogen) atoms. The molecule has 2 aromatic heterocycles. The molecule has 1 amide bonds. The van der Waals surface area contributed by atoms with E-state index in [9.17, 15) is 9.18 Å². The Balaban J connectivity index is 1.30. The predicted octanol–water partition coefficient (Wildman–Crippen LogP) is 3.80. The van der Waals surface area contributed by atoms with Crippen LogP contribution in [0.25, 0.3) is 11.0 Å². The monoisotopic (exact) mass is 422 g/mol. The molecule has 3 heterocycles. The SMILES string of the molecule is Cc1cc2nsnc2cc1Nc1ncc2c(n1)N(C13CC(F)C(C1)C3)C(=O)C21CC1. The number of hydrogen-bond acceptors (Lipinski definition) is 7. The molecular weight excluding hydrogens is 403 g/mol. The highest BCUT2D eigenvalue weighted by atomic mass is 32.1. The second-order valence-corrected chi connectivity index (χ2v) is 9.84. The first kappa shape index (κ1) is 17.0. The third-order valence-electron chi connectivity index (χ3n) is 7.55. The van der Waals surface area contributed by atoms with Crippen LogP contribution >= 0.6 is 11.7 Å². The number of anilines is 3. The van der Waals surface area contributed by atoms with Crippen molar-refractivity contribution in [3.05, 3.63) is 29.5 Å². The van der Waals surface area contributed by atoms with Crippen LogP contribution < -0.4 is 10.2 Å². The molecule has 4 fully saturated rings. The number of aromatic nitrogens is 4. The van der Waals surface area contributed by atoms with Crippen molar-refractivity contribution in [2.45, 2.75) is 56.2 Å². The largest absolute Gasteiger partial charge is 0.324 e. The van der Waals surface area contributed by atoms with E-state index in [0.717, 1.165) is 53.5 Å². The number of fused-ring (bicyclic) bond motifs is 4. The number of alkyl halides is 1. The summed E-state index contributed by atoms with van der Waals surface area (Å²) in [4.78, 5) is 24.6. The van der Waals surface area contributed by atoms with E-state index >= 15 is 0 Å². The number of hydrogen-bond donors (Lipinski definition) is 1. The Morgan fingerprint density at radius 3 is 2.67 bits per heavy atom. The fourth-order valence-corrected chi connectivity index (χ4v) is 6.26. The van der Waals surface area contributed by atoms with Crippen molar-refractivity contribution < 1.29 is 9.18 Å². The zero-order valence-electron chi connectivity index (χ0n) is 16.4. The van der Waals surface area contributed by atoms with Crippen LogP contribution in [0.2, 0.25) is 0 Å². The quantitative estimate of drug-likeness (QED) is 0.691. The van der Waals surface area contributed by atoms with Gasteiger partial charge in [0.2, 0.25) is 11.9 Å². The van der Waals surface area contributed by atoms with Crippen molar-refractivity contribution in [1.29, 1.82) is 0 Å². The minimum absolute atomic E-state index is 0.0949. The summed E-state index contributed by atoms with van der Waals surface area (Å²) in [6.07, 6.45) is 4.56. The van der Waals surface area contributed by atoms with Crippen molar-refractivity contribution in [3.8, 4) is 0 Å². The maximum absolute atomic E-state index is 14.3. The normalized spacial score (nSPS) is 30.1. The molecule has 1 N–H and O–H groups in total. The summed E-state index contributed by atoms with van der Waals surface area (Å²) in [5, 5.41) is 3.29. The second-order valence-electron chi connectivity index (χ2n) is 9.31. The third kappa shape index (κ3) is 2.01. The Labute approximate surface area is 176 Å². The van der Waals surface area contributed by atoms with Crippen LogP contribution in [0.15, 0.2) is 18.3 Å². The lowest BCUT2D eigenvalue weighted by atomic mass is 9.75. The van der Waals surface area contributed by atoms with E-state index in [4.69, 9.17) is 4.98 Å². The zero-order valence-corrected chi connectivity index (χ0v) is 17.2. The van der Waals surface area contributed by atoms with Crippen molar-refractivity contribution in [2.24, 2.45) is 5.92 Å². The van der Waals surface area contributed by atoms with Crippen molar-refractivity contribution in [1.82, 2.24) is 18.7 Å². The molecule has 8 rings (SSSR count). The lowest BCUT2D eigenvalue weighted by Gasteiger charge is -2.45. The van der Waals surface area contributed by atoms with Crippen molar-refractivity contribution in [2.75, 3.05) is 10.2 Å². The molecule has 4 saturated carbocycles. The van der Waals surface area contributed by atoms with Gasteiger partial charge >= 0.3 is 0 Å². The minimum Gasteiger partial charge on any atom is -0.324 e. The molecule has 0 radical (unpaired) electrons. The number of halogens is 1. The number of rotatable bonds is 3. The van der Waals surface area contributed by atoms with Gasteiger partial charge in [0, 0.05) is 23.9 Å². The van der Waals surface area contributed by atoms with Crippen LogP contribution in [0.3, 0.4) is 0 Å².